The van der Waals surface area contributed by atoms with Gasteiger partial charge in [-0.3, -0.25) is 4.79 Å². The third kappa shape index (κ3) is 10.3. The van der Waals surface area contributed by atoms with Crippen LogP contribution in [-0.2, 0) is 33.3 Å². The van der Waals surface area contributed by atoms with Crippen molar-refractivity contribution in [3.05, 3.63) is 24.8 Å². The fourth-order valence-electron chi connectivity index (χ4n) is 11.0. The van der Waals surface area contributed by atoms with Crippen molar-refractivity contribution in [3.8, 4) is 0 Å². The molecule has 0 unspecified atom stereocenters. The molecular formula is C46H75N2NaO11. The molecule has 0 radical (unpaired) electrons. The second-order valence-electron chi connectivity index (χ2n) is 19.1. The first-order valence-corrected chi connectivity index (χ1v) is 22.6. The predicted molar refractivity (Wildman–Crippen MR) is 221 cm³/mol. The van der Waals surface area contributed by atoms with Crippen LogP contribution in [0.15, 0.2) is 24.8 Å². The Morgan fingerprint density at radius 2 is 1.63 bits per heavy atom. The summed E-state index contributed by atoms with van der Waals surface area (Å²) in [5.41, 5.74) is -1.71. The number of hydrogen-bond acceptors (Lipinski definition) is 11. The molecule has 5 aliphatic heterocycles. The Morgan fingerprint density at radius 1 is 0.950 bits per heavy atom. The number of aliphatic carboxylic acids is 1. The van der Waals surface area contributed by atoms with E-state index < -0.39 is 95.0 Å². The first-order chi connectivity index (χ1) is 27.7. The van der Waals surface area contributed by atoms with Crippen molar-refractivity contribution < 1.29 is 82.9 Å². The van der Waals surface area contributed by atoms with Gasteiger partial charge in [0.15, 0.2) is 11.6 Å². The molecule has 0 saturated carbocycles. The molecule has 14 heteroatoms. The van der Waals surface area contributed by atoms with Gasteiger partial charge in [-0.15, -0.1) is 6.58 Å². The van der Waals surface area contributed by atoms with Crippen molar-refractivity contribution in [2.45, 2.75) is 199 Å². The molecular weight excluding hydrogens is 779 g/mol. The van der Waals surface area contributed by atoms with Crippen molar-refractivity contribution in [1.82, 2.24) is 10.6 Å². The van der Waals surface area contributed by atoms with Gasteiger partial charge in [0.25, 0.3) is 0 Å². The quantitative estimate of drug-likeness (QED) is 0.140. The Balaban J connectivity index is 0.00000794. The van der Waals surface area contributed by atoms with Crippen LogP contribution in [0.4, 0.5) is 4.79 Å². The Labute approximate surface area is 381 Å². The smallest absolute Gasteiger partial charge is 0.550 e. The maximum Gasteiger partial charge on any atom is 1.00 e. The molecule has 5 heterocycles. The summed E-state index contributed by atoms with van der Waals surface area (Å²) in [7, 11) is 0. The summed E-state index contributed by atoms with van der Waals surface area (Å²) in [6, 6.07) is -1.09. The van der Waals surface area contributed by atoms with Gasteiger partial charge < -0.3 is 54.4 Å². The molecule has 4 N–H and O–H groups in total. The maximum absolute atomic E-state index is 14.6. The average molecular weight is 855 g/mol. The first kappa shape index (κ1) is 51.2. The summed E-state index contributed by atoms with van der Waals surface area (Å²) < 4.78 is 34.3. The molecule has 18 atom stereocenters. The van der Waals surface area contributed by atoms with E-state index in [1.165, 1.54) is 0 Å². The number of nitrogens with one attached hydrogen (secondary N) is 2. The number of carbonyl (C=O) groups excluding carboxylic acids is 3. The Morgan fingerprint density at radius 3 is 2.23 bits per heavy atom. The van der Waals surface area contributed by atoms with Crippen LogP contribution in [0.3, 0.4) is 0 Å². The van der Waals surface area contributed by atoms with Crippen LogP contribution < -0.4 is 45.3 Å². The molecule has 5 rings (SSSR count). The number of ether oxygens (including phenoxy) is 5. The fourth-order valence-corrected chi connectivity index (χ4v) is 11.0. The van der Waals surface area contributed by atoms with Crippen LogP contribution in [-0.4, -0.2) is 100.0 Å². The summed E-state index contributed by atoms with van der Waals surface area (Å²) >= 11 is 0. The topological polar surface area (TPSA) is 185 Å². The number of urea groups is 1. The molecule has 0 bridgehead atoms. The molecule has 0 aromatic rings. The summed E-state index contributed by atoms with van der Waals surface area (Å²) in [6.07, 6.45) is 7.79. The number of hydrogen-bond donors (Lipinski definition) is 4. The molecule has 13 nitrogen and oxygen atoms in total. The van der Waals surface area contributed by atoms with Crippen molar-refractivity contribution in [3.63, 3.8) is 0 Å². The van der Waals surface area contributed by atoms with Gasteiger partial charge in [-0.05, 0) is 89.5 Å². The van der Waals surface area contributed by atoms with E-state index in [2.05, 4.69) is 31.1 Å². The minimum absolute atomic E-state index is 0. The van der Waals surface area contributed by atoms with Crippen LogP contribution in [0.5, 0.6) is 0 Å². The van der Waals surface area contributed by atoms with Crippen LogP contribution >= 0.6 is 0 Å². The molecule has 4 fully saturated rings. The molecule has 60 heavy (non-hydrogen) atoms. The number of amides is 2. The minimum Gasteiger partial charge on any atom is -0.550 e. The third-order valence-electron chi connectivity index (χ3n) is 15.2. The normalized spacial score (nSPS) is 41.7. The van der Waals surface area contributed by atoms with E-state index in [1.807, 2.05) is 60.6 Å². The van der Waals surface area contributed by atoms with Gasteiger partial charge in [-0.1, -0.05) is 67.5 Å². The molecule has 0 aromatic heterocycles. The second-order valence-corrected chi connectivity index (χ2v) is 19.1. The number of aliphatic hydroxyl groups is 2. The van der Waals surface area contributed by atoms with E-state index in [9.17, 15) is 29.7 Å². The predicted octanol–water partition coefficient (Wildman–Crippen LogP) is 2.35. The standard InChI is InChI=1S/C46H76N2O11.Na/c1-12-24-47-42(53)48-35-18-21-45(59-46(35)23-22-43(11,58-46)36-19-20-44(54,15-4)31(10)55-36)28(7)25-27(6)40(57-45)33(14-3)38(50)29(8)37(49)30(9)39-26(5)16-17-34(56-39)32(13-2)41(51)52;/h12,18,21,26-37,39-40,49,54H,1,13-17,19-20,22-25H2,2-11H3,(H,51,52)(H2,47,48,53);/q;+1/p-1/t26-,27-,28+,29-,30-,31-,32+,33-,34+,35-,36+,37+,39+,40-,43-,44+,45-,46-;/m0./s1. The average Bonchev–Trinajstić information content (AvgIpc) is 3.54. The molecule has 2 amide bonds. The number of ketones is 1. The van der Waals surface area contributed by atoms with Gasteiger partial charge in [-0.25, -0.2) is 4.79 Å². The number of carboxylic acid groups (broad SMARTS) is 1. The van der Waals surface area contributed by atoms with Gasteiger partial charge in [0.1, 0.15) is 11.8 Å². The van der Waals surface area contributed by atoms with Crippen LogP contribution in [0.2, 0.25) is 0 Å². The van der Waals surface area contributed by atoms with Gasteiger partial charge in [0.2, 0.25) is 0 Å². The summed E-state index contributed by atoms with van der Waals surface area (Å²) in [4.78, 5) is 39.6. The van der Waals surface area contributed by atoms with Gasteiger partial charge in [-0.2, -0.15) is 0 Å². The van der Waals surface area contributed by atoms with Crippen LogP contribution in [0, 0.1) is 41.4 Å². The summed E-state index contributed by atoms with van der Waals surface area (Å²) in [5, 5.41) is 40.7. The molecule has 0 aliphatic carbocycles. The number of carboxylic acids is 1. The number of carbonyl (C=O) groups is 3. The fraction of sp³-hybridized carbons (Fsp3) is 0.848. The Kier molecular flexibility index (Phi) is 17.6. The molecule has 5 aliphatic rings. The van der Waals surface area contributed by atoms with Crippen LogP contribution in [0.1, 0.15) is 133 Å². The largest absolute Gasteiger partial charge is 1.00 e. The molecule has 2 spiro atoms. The molecule has 0 aromatic carbocycles. The number of rotatable bonds is 15. The SMILES string of the molecule is C=CCNC(=O)N[C@H]1C=C[C@]2(O[C@H]([C@@H](CC)C(=O)[C@@H](C)[C@@H](O)[C@H](C)[C@@H]3O[C@@H]([C@@H](CC)C(=O)[O-])CC[C@@H]3C)[C@@H](C)C[C@H]2C)O[C@@]12CC[C@@](C)([C@H]1CC[C@](O)(CC)[C@H](C)O1)O2.[Na+]. The minimum atomic E-state index is -1.34. The van der Waals surface area contributed by atoms with E-state index in [1.54, 1.807) is 13.0 Å². The van der Waals surface area contributed by atoms with E-state index in [0.29, 0.717) is 57.8 Å². The van der Waals surface area contributed by atoms with Crippen molar-refractivity contribution in [1.29, 1.82) is 0 Å². The zero-order valence-corrected chi connectivity index (χ0v) is 40.4. The van der Waals surface area contributed by atoms with E-state index in [0.717, 1.165) is 6.42 Å². The monoisotopic (exact) mass is 855 g/mol. The Bertz CT molecular complexity index is 1530. The van der Waals surface area contributed by atoms with E-state index in [4.69, 9.17) is 23.7 Å². The first-order valence-electron chi connectivity index (χ1n) is 22.6. The number of Topliss-reactive ketones (excluding diaryl/α,β-unsaturated/α-hetero) is 1. The van der Waals surface area contributed by atoms with Gasteiger partial charge in [0, 0.05) is 48.5 Å². The molecule has 336 valence electrons. The van der Waals surface area contributed by atoms with Gasteiger partial charge >= 0.3 is 35.6 Å². The summed E-state index contributed by atoms with van der Waals surface area (Å²) in [6.45, 7) is 23.5. The second kappa shape index (κ2) is 20.6. The Hall–Kier alpha value is -1.39. The van der Waals surface area contributed by atoms with Crippen molar-refractivity contribution in [2.75, 3.05) is 6.54 Å². The van der Waals surface area contributed by atoms with E-state index in [-0.39, 0.29) is 65.7 Å². The van der Waals surface area contributed by atoms with Crippen molar-refractivity contribution >= 4 is 17.8 Å². The van der Waals surface area contributed by atoms with Gasteiger partial charge in [0.05, 0.1) is 47.8 Å². The zero-order valence-electron chi connectivity index (χ0n) is 38.4. The zero-order chi connectivity index (χ0) is 43.7. The maximum atomic E-state index is 14.6. The third-order valence-corrected chi connectivity index (χ3v) is 15.2. The summed E-state index contributed by atoms with van der Waals surface area (Å²) in [5.74, 6) is -6.46. The van der Waals surface area contributed by atoms with E-state index >= 15 is 0 Å². The molecule has 4 saturated heterocycles. The van der Waals surface area contributed by atoms with Crippen LogP contribution in [0.25, 0.3) is 0 Å². The van der Waals surface area contributed by atoms with Crippen molar-refractivity contribution in [2.24, 2.45) is 41.4 Å². The number of aliphatic hydroxyl groups excluding tert-OH is 1.